The van der Waals surface area contributed by atoms with Crippen molar-refractivity contribution in [3.05, 3.63) is 42.5 Å². The first kappa shape index (κ1) is 19.0. The summed E-state index contributed by atoms with van der Waals surface area (Å²) in [6.45, 7) is 0.641. The van der Waals surface area contributed by atoms with E-state index in [1.807, 2.05) is 23.1 Å². The average molecular weight is 427 g/mol. The van der Waals surface area contributed by atoms with E-state index in [-0.39, 0.29) is 18.6 Å². The van der Waals surface area contributed by atoms with Gasteiger partial charge in [-0.3, -0.25) is 9.36 Å². The van der Waals surface area contributed by atoms with Gasteiger partial charge in [-0.2, -0.15) is 9.36 Å². The fourth-order valence-electron chi connectivity index (χ4n) is 3.87. The Morgan fingerprint density at radius 1 is 1.30 bits per heavy atom. The van der Waals surface area contributed by atoms with Gasteiger partial charge >= 0.3 is 0 Å². The maximum Gasteiger partial charge on any atom is 0.248 e. The van der Waals surface area contributed by atoms with Crippen molar-refractivity contribution in [2.45, 2.75) is 37.8 Å². The SMILES string of the molecule is O=C(CCCc1ccc2c(c1)OCO2)[C@@H]1C[C@@H](O)CN1c1nc(-n2ccnc2)ns1. The summed E-state index contributed by atoms with van der Waals surface area (Å²) in [5.41, 5.74) is 1.12. The smallest absolute Gasteiger partial charge is 0.248 e. The van der Waals surface area contributed by atoms with E-state index in [0.29, 0.717) is 30.5 Å². The van der Waals surface area contributed by atoms with Crippen LogP contribution < -0.4 is 14.4 Å². The van der Waals surface area contributed by atoms with Gasteiger partial charge in [0.05, 0.1) is 12.1 Å². The molecular weight excluding hydrogens is 406 g/mol. The number of carbonyl (C=O) groups excluding carboxylic acids is 1. The van der Waals surface area contributed by atoms with Crippen molar-refractivity contribution in [3.8, 4) is 17.4 Å². The van der Waals surface area contributed by atoms with E-state index in [2.05, 4.69) is 14.3 Å². The number of hydrogen-bond acceptors (Lipinski definition) is 9. The van der Waals surface area contributed by atoms with Gasteiger partial charge in [0.2, 0.25) is 17.9 Å². The van der Waals surface area contributed by atoms with Gasteiger partial charge in [-0.25, -0.2) is 4.98 Å². The van der Waals surface area contributed by atoms with Gasteiger partial charge in [0.1, 0.15) is 6.33 Å². The Hall–Kier alpha value is -2.98. The molecule has 2 atom stereocenters. The number of fused-ring (bicyclic) bond motifs is 1. The summed E-state index contributed by atoms with van der Waals surface area (Å²) >= 11 is 1.23. The predicted molar refractivity (Wildman–Crippen MR) is 109 cm³/mol. The first-order valence-electron chi connectivity index (χ1n) is 9.85. The number of aliphatic hydroxyl groups is 1. The third-order valence-corrected chi connectivity index (χ3v) is 6.11. The third kappa shape index (κ3) is 3.75. The minimum atomic E-state index is -0.548. The first-order valence-corrected chi connectivity index (χ1v) is 10.6. The lowest BCUT2D eigenvalue weighted by atomic mass is 10.0. The van der Waals surface area contributed by atoms with Crippen LogP contribution in [0.4, 0.5) is 5.13 Å². The highest BCUT2D eigenvalue weighted by atomic mass is 32.1. The zero-order chi connectivity index (χ0) is 20.5. The number of aryl methyl sites for hydroxylation is 1. The molecule has 0 spiro atoms. The lowest BCUT2D eigenvalue weighted by molar-refractivity contribution is -0.120. The number of nitrogens with zero attached hydrogens (tertiary/aromatic N) is 5. The van der Waals surface area contributed by atoms with Crippen LogP contribution in [-0.2, 0) is 11.2 Å². The largest absolute Gasteiger partial charge is 0.454 e. The van der Waals surface area contributed by atoms with Crippen LogP contribution in [0.5, 0.6) is 11.5 Å². The van der Waals surface area contributed by atoms with Crippen molar-refractivity contribution in [2.75, 3.05) is 18.2 Å². The highest BCUT2D eigenvalue weighted by Gasteiger charge is 2.37. The number of ketones is 1. The summed E-state index contributed by atoms with van der Waals surface area (Å²) in [6, 6.07) is 5.50. The second kappa shape index (κ2) is 8.04. The van der Waals surface area contributed by atoms with E-state index in [9.17, 15) is 9.90 Å². The molecule has 4 heterocycles. The fourth-order valence-corrected chi connectivity index (χ4v) is 4.59. The molecule has 30 heavy (non-hydrogen) atoms. The molecule has 10 heteroatoms. The fraction of sp³-hybridized carbons (Fsp3) is 0.400. The Morgan fingerprint density at radius 3 is 3.07 bits per heavy atom. The minimum Gasteiger partial charge on any atom is -0.454 e. The number of aromatic nitrogens is 4. The van der Waals surface area contributed by atoms with Gasteiger partial charge in [0, 0.05) is 43.3 Å². The number of benzene rings is 1. The van der Waals surface area contributed by atoms with Gasteiger partial charge in [-0.1, -0.05) is 6.07 Å². The minimum absolute atomic E-state index is 0.117. The van der Waals surface area contributed by atoms with E-state index in [4.69, 9.17) is 9.47 Å². The average Bonchev–Trinajstić information content (AvgIpc) is 3.52. The monoisotopic (exact) mass is 427 g/mol. The van der Waals surface area contributed by atoms with Crippen molar-refractivity contribution in [2.24, 2.45) is 0 Å². The number of ether oxygens (including phenoxy) is 2. The van der Waals surface area contributed by atoms with Crippen LogP contribution in [0.25, 0.3) is 5.95 Å². The van der Waals surface area contributed by atoms with Crippen molar-refractivity contribution in [3.63, 3.8) is 0 Å². The summed E-state index contributed by atoms with van der Waals surface area (Å²) in [6.07, 6.45) is 6.88. The Bertz CT molecular complexity index is 1040. The van der Waals surface area contributed by atoms with Gasteiger partial charge in [0.15, 0.2) is 17.3 Å². The van der Waals surface area contributed by atoms with Crippen molar-refractivity contribution in [1.82, 2.24) is 18.9 Å². The van der Waals surface area contributed by atoms with E-state index >= 15 is 0 Å². The molecule has 2 aliphatic heterocycles. The molecule has 2 aliphatic rings. The second-order valence-electron chi connectivity index (χ2n) is 7.41. The molecule has 1 N–H and O–H groups in total. The molecular formula is C20H21N5O4S. The third-order valence-electron chi connectivity index (χ3n) is 5.36. The lowest BCUT2D eigenvalue weighted by Crippen LogP contribution is -2.36. The van der Waals surface area contributed by atoms with E-state index in [1.165, 1.54) is 11.5 Å². The molecule has 3 aromatic rings. The molecule has 1 saturated heterocycles. The first-order chi connectivity index (χ1) is 14.7. The number of β-amino-alcohol motifs (C(OH)–C–C–N with tert-alkyl or cyclic N) is 1. The zero-order valence-corrected chi connectivity index (χ0v) is 17.0. The molecule has 0 radical (unpaired) electrons. The van der Waals surface area contributed by atoms with Crippen LogP contribution in [-0.4, -0.2) is 55.3 Å². The van der Waals surface area contributed by atoms with E-state index in [0.717, 1.165) is 29.9 Å². The summed E-state index contributed by atoms with van der Waals surface area (Å²) in [5.74, 6) is 2.15. The van der Waals surface area contributed by atoms with Crippen LogP contribution in [0.1, 0.15) is 24.8 Å². The Morgan fingerprint density at radius 2 is 2.20 bits per heavy atom. The molecule has 0 amide bonds. The van der Waals surface area contributed by atoms with E-state index < -0.39 is 6.10 Å². The number of rotatable bonds is 7. The molecule has 2 aromatic heterocycles. The second-order valence-corrected chi connectivity index (χ2v) is 8.14. The number of hydrogen-bond donors (Lipinski definition) is 1. The molecule has 0 bridgehead atoms. The van der Waals surface area contributed by atoms with Crippen molar-refractivity contribution in [1.29, 1.82) is 0 Å². The quantitative estimate of drug-likeness (QED) is 0.611. The standard InChI is InChI=1S/C20H21N5O4S/c26-14-9-15(25(10-14)20-22-19(23-30-20)24-7-6-21-11-24)16(27)3-1-2-13-4-5-17-18(8-13)29-12-28-17/h4-8,11,14-15,26H,1-3,9-10,12H2/t14-,15+/m1/s1. The number of Topliss-reactive ketones (excluding diaryl/α,β-unsaturated/α-hetero) is 1. The Labute approximate surface area is 177 Å². The van der Waals surface area contributed by atoms with Crippen molar-refractivity contribution < 1.29 is 19.4 Å². The van der Waals surface area contributed by atoms with Crippen LogP contribution in [0.15, 0.2) is 36.9 Å². The molecule has 5 rings (SSSR count). The highest BCUT2D eigenvalue weighted by Crippen LogP contribution is 2.33. The Kier molecular flexibility index (Phi) is 5.09. The predicted octanol–water partition coefficient (Wildman–Crippen LogP) is 1.98. The molecule has 0 aliphatic carbocycles. The Balaban J connectivity index is 1.22. The number of aliphatic hydroxyl groups excluding tert-OH is 1. The van der Waals surface area contributed by atoms with Crippen LogP contribution in [0.2, 0.25) is 0 Å². The van der Waals surface area contributed by atoms with Crippen LogP contribution in [0.3, 0.4) is 0 Å². The van der Waals surface area contributed by atoms with Crippen molar-refractivity contribution >= 4 is 22.4 Å². The summed E-state index contributed by atoms with van der Waals surface area (Å²) < 4.78 is 16.8. The van der Waals surface area contributed by atoms with Crippen LogP contribution in [0, 0.1) is 0 Å². The summed E-state index contributed by atoms with van der Waals surface area (Å²) in [5, 5.41) is 10.8. The maximum atomic E-state index is 12.9. The topological polar surface area (TPSA) is 103 Å². The zero-order valence-electron chi connectivity index (χ0n) is 16.2. The highest BCUT2D eigenvalue weighted by molar-refractivity contribution is 7.09. The molecule has 156 valence electrons. The molecule has 0 saturated carbocycles. The van der Waals surface area contributed by atoms with Gasteiger partial charge in [-0.05, 0) is 30.5 Å². The molecule has 1 aromatic carbocycles. The summed E-state index contributed by atoms with van der Waals surface area (Å²) in [4.78, 5) is 23.3. The molecule has 9 nitrogen and oxygen atoms in total. The number of anilines is 1. The van der Waals surface area contributed by atoms with Gasteiger partial charge in [0.25, 0.3) is 0 Å². The van der Waals surface area contributed by atoms with Crippen LogP contribution >= 0.6 is 11.5 Å². The number of imidazole rings is 1. The molecule has 1 fully saturated rings. The lowest BCUT2D eigenvalue weighted by Gasteiger charge is -2.22. The maximum absolute atomic E-state index is 12.9. The van der Waals surface area contributed by atoms with E-state index in [1.54, 1.807) is 23.3 Å². The summed E-state index contributed by atoms with van der Waals surface area (Å²) in [7, 11) is 0. The molecule has 0 unspecified atom stereocenters. The number of carbonyl (C=O) groups is 1. The van der Waals surface area contributed by atoms with Gasteiger partial charge < -0.3 is 19.5 Å². The normalized spacial score (nSPS) is 20.1. The van der Waals surface area contributed by atoms with Gasteiger partial charge in [-0.15, -0.1) is 0 Å².